The van der Waals surface area contributed by atoms with Crippen LogP contribution in [0.5, 0.6) is 0 Å². The molecule has 0 atom stereocenters. The molecule has 0 aliphatic rings. The number of benzene rings is 2. The van der Waals surface area contributed by atoms with Crippen LogP contribution < -0.4 is 5.56 Å². The van der Waals surface area contributed by atoms with Crippen molar-refractivity contribution < 1.29 is 9.90 Å². The zero-order valence-corrected chi connectivity index (χ0v) is 12.6. The van der Waals surface area contributed by atoms with Crippen LogP contribution in [0.2, 0.25) is 0 Å². The standard InChI is InChI=1S/C20H13NO3/c22-19-17(20(23)24)12-16(18-10-3-4-11-21(18)19)15-9-5-7-13-6-1-2-8-14(13)15/h1-12H,(H,23,24). The summed E-state index contributed by atoms with van der Waals surface area (Å²) in [7, 11) is 0. The number of hydrogen-bond acceptors (Lipinski definition) is 2. The molecule has 1 N–H and O–H groups in total. The van der Waals surface area contributed by atoms with E-state index in [1.807, 2.05) is 54.6 Å². The van der Waals surface area contributed by atoms with Crippen molar-refractivity contribution in [1.82, 2.24) is 4.40 Å². The van der Waals surface area contributed by atoms with Crippen molar-refractivity contribution in [2.75, 3.05) is 0 Å². The van der Waals surface area contributed by atoms with E-state index in [9.17, 15) is 14.7 Å². The highest BCUT2D eigenvalue weighted by atomic mass is 16.4. The second-order valence-electron chi connectivity index (χ2n) is 5.56. The lowest BCUT2D eigenvalue weighted by Gasteiger charge is -2.12. The smallest absolute Gasteiger partial charge is 0.341 e. The molecule has 0 saturated heterocycles. The monoisotopic (exact) mass is 315 g/mol. The molecule has 0 unspecified atom stereocenters. The summed E-state index contributed by atoms with van der Waals surface area (Å²) in [6.45, 7) is 0. The number of carbonyl (C=O) groups is 1. The van der Waals surface area contributed by atoms with E-state index in [0.717, 1.165) is 21.9 Å². The molecule has 0 radical (unpaired) electrons. The predicted molar refractivity (Wildman–Crippen MR) is 93.6 cm³/mol. The molecule has 0 amide bonds. The van der Waals surface area contributed by atoms with Crippen molar-refractivity contribution >= 4 is 22.3 Å². The van der Waals surface area contributed by atoms with Gasteiger partial charge >= 0.3 is 5.97 Å². The number of hydrogen-bond donors (Lipinski definition) is 1. The van der Waals surface area contributed by atoms with E-state index in [1.54, 1.807) is 12.3 Å². The van der Waals surface area contributed by atoms with Gasteiger partial charge in [0.2, 0.25) is 0 Å². The molecule has 0 spiro atoms. The fraction of sp³-hybridized carbons (Fsp3) is 0. The number of rotatable bonds is 2. The zero-order valence-electron chi connectivity index (χ0n) is 12.6. The van der Waals surface area contributed by atoms with Gasteiger partial charge in [-0.25, -0.2) is 4.79 Å². The van der Waals surface area contributed by atoms with Gasteiger partial charge in [-0.3, -0.25) is 9.20 Å². The molecule has 4 heteroatoms. The number of carboxylic acid groups (broad SMARTS) is 1. The van der Waals surface area contributed by atoms with Crippen molar-refractivity contribution in [3.63, 3.8) is 0 Å². The number of fused-ring (bicyclic) bond motifs is 2. The Bertz CT molecular complexity index is 1150. The molecule has 2 aromatic carbocycles. The van der Waals surface area contributed by atoms with Gasteiger partial charge in [0, 0.05) is 11.8 Å². The Morgan fingerprint density at radius 3 is 2.46 bits per heavy atom. The summed E-state index contributed by atoms with van der Waals surface area (Å²) in [5.41, 5.74) is 1.55. The van der Waals surface area contributed by atoms with E-state index in [-0.39, 0.29) is 5.56 Å². The van der Waals surface area contributed by atoms with Crippen LogP contribution in [0, 0.1) is 0 Å². The number of aromatic nitrogens is 1. The summed E-state index contributed by atoms with van der Waals surface area (Å²) in [6.07, 6.45) is 1.60. The third kappa shape index (κ3) is 2.08. The van der Waals surface area contributed by atoms with Gasteiger partial charge in [0.1, 0.15) is 5.56 Å². The number of pyridine rings is 2. The van der Waals surface area contributed by atoms with Crippen molar-refractivity contribution in [1.29, 1.82) is 0 Å². The van der Waals surface area contributed by atoms with Gasteiger partial charge in [0.15, 0.2) is 0 Å². The third-order valence-electron chi connectivity index (χ3n) is 4.18. The first-order chi connectivity index (χ1) is 11.7. The molecule has 2 aromatic heterocycles. The minimum atomic E-state index is -1.22. The molecule has 4 rings (SSSR count). The maximum Gasteiger partial charge on any atom is 0.341 e. The summed E-state index contributed by atoms with van der Waals surface area (Å²) < 4.78 is 1.39. The average Bonchev–Trinajstić information content (AvgIpc) is 2.62. The molecule has 0 aliphatic heterocycles. The van der Waals surface area contributed by atoms with E-state index in [0.29, 0.717) is 5.52 Å². The molecule has 4 aromatic rings. The summed E-state index contributed by atoms with van der Waals surface area (Å²) in [5, 5.41) is 11.5. The Hall–Kier alpha value is -3.40. The largest absolute Gasteiger partial charge is 0.477 e. The van der Waals surface area contributed by atoms with Crippen LogP contribution in [0.4, 0.5) is 0 Å². The molecule has 0 bridgehead atoms. The van der Waals surface area contributed by atoms with Gasteiger partial charge < -0.3 is 5.11 Å². The Kier molecular flexibility index (Phi) is 3.17. The molecule has 0 saturated carbocycles. The third-order valence-corrected chi connectivity index (χ3v) is 4.18. The van der Waals surface area contributed by atoms with Crippen LogP contribution in [-0.2, 0) is 0 Å². The van der Waals surface area contributed by atoms with Gasteiger partial charge in [0.05, 0.1) is 5.52 Å². The molecule has 24 heavy (non-hydrogen) atoms. The van der Waals surface area contributed by atoms with Gasteiger partial charge in [-0.15, -0.1) is 0 Å². The molecule has 116 valence electrons. The highest BCUT2D eigenvalue weighted by molar-refractivity contribution is 6.02. The lowest BCUT2D eigenvalue weighted by atomic mass is 9.96. The molecule has 2 heterocycles. The molecule has 0 aliphatic carbocycles. The van der Waals surface area contributed by atoms with Crippen LogP contribution in [0.3, 0.4) is 0 Å². The van der Waals surface area contributed by atoms with Crippen LogP contribution in [0.1, 0.15) is 10.4 Å². The van der Waals surface area contributed by atoms with E-state index in [1.165, 1.54) is 10.5 Å². The quantitative estimate of drug-likeness (QED) is 0.612. The highest BCUT2D eigenvalue weighted by Gasteiger charge is 2.16. The SMILES string of the molecule is O=C(O)c1cc(-c2cccc3ccccc23)c2ccccn2c1=O. The van der Waals surface area contributed by atoms with Crippen molar-refractivity contribution in [3.05, 3.63) is 88.8 Å². The molecular weight excluding hydrogens is 302 g/mol. The predicted octanol–water partition coefficient (Wildman–Crippen LogP) is 3.82. The molecular formula is C20H13NO3. The van der Waals surface area contributed by atoms with Crippen molar-refractivity contribution in [3.8, 4) is 11.1 Å². The maximum atomic E-state index is 12.4. The topological polar surface area (TPSA) is 58.8 Å². The minimum absolute atomic E-state index is 0.235. The van der Waals surface area contributed by atoms with E-state index in [2.05, 4.69) is 0 Å². The fourth-order valence-corrected chi connectivity index (χ4v) is 3.08. The highest BCUT2D eigenvalue weighted by Crippen LogP contribution is 2.31. The molecule has 4 nitrogen and oxygen atoms in total. The maximum absolute atomic E-state index is 12.4. The fourth-order valence-electron chi connectivity index (χ4n) is 3.08. The lowest BCUT2D eigenvalue weighted by Crippen LogP contribution is -2.22. The average molecular weight is 315 g/mol. The van der Waals surface area contributed by atoms with Gasteiger partial charge in [0.25, 0.3) is 5.56 Å². The second kappa shape index (κ2) is 5.35. The van der Waals surface area contributed by atoms with Crippen LogP contribution in [0.15, 0.2) is 77.7 Å². The van der Waals surface area contributed by atoms with Crippen molar-refractivity contribution in [2.24, 2.45) is 0 Å². The lowest BCUT2D eigenvalue weighted by molar-refractivity contribution is 0.0695. The Morgan fingerprint density at radius 2 is 1.62 bits per heavy atom. The van der Waals surface area contributed by atoms with Gasteiger partial charge in [-0.2, -0.15) is 0 Å². The minimum Gasteiger partial charge on any atom is -0.477 e. The normalized spacial score (nSPS) is 11.0. The Morgan fingerprint density at radius 1 is 0.875 bits per heavy atom. The summed E-state index contributed by atoms with van der Waals surface area (Å²) >= 11 is 0. The van der Waals surface area contributed by atoms with Crippen molar-refractivity contribution in [2.45, 2.75) is 0 Å². The summed E-state index contributed by atoms with van der Waals surface area (Å²) in [4.78, 5) is 23.9. The zero-order chi connectivity index (χ0) is 16.7. The number of nitrogens with zero attached hydrogens (tertiary/aromatic N) is 1. The first kappa shape index (κ1) is 14.2. The first-order valence-electron chi connectivity index (χ1n) is 7.52. The van der Waals surface area contributed by atoms with Crippen LogP contribution >= 0.6 is 0 Å². The summed E-state index contributed by atoms with van der Waals surface area (Å²) in [6, 6.07) is 20.6. The Balaban J connectivity index is 2.19. The number of aromatic carboxylic acids is 1. The molecule has 0 fully saturated rings. The first-order valence-corrected chi connectivity index (χ1v) is 7.52. The van der Waals surface area contributed by atoms with Gasteiger partial charge in [-0.1, -0.05) is 48.5 Å². The van der Waals surface area contributed by atoms with E-state index < -0.39 is 11.5 Å². The number of carboxylic acids is 1. The summed E-state index contributed by atoms with van der Waals surface area (Å²) in [5.74, 6) is -1.22. The van der Waals surface area contributed by atoms with Crippen LogP contribution in [-0.4, -0.2) is 15.5 Å². The van der Waals surface area contributed by atoms with E-state index in [4.69, 9.17) is 0 Å². The van der Waals surface area contributed by atoms with E-state index >= 15 is 0 Å². The Labute approximate surface area is 137 Å². The van der Waals surface area contributed by atoms with Gasteiger partial charge in [-0.05, 0) is 34.5 Å². The van der Waals surface area contributed by atoms with Crippen LogP contribution in [0.25, 0.3) is 27.4 Å². The second-order valence-corrected chi connectivity index (χ2v) is 5.56.